The number of carbonyl (C=O) groups is 2. The van der Waals surface area contributed by atoms with Crippen molar-refractivity contribution in [3.63, 3.8) is 0 Å². The van der Waals surface area contributed by atoms with Crippen LogP contribution in [0.3, 0.4) is 0 Å². The number of rotatable bonds is 13. The van der Waals surface area contributed by atoms with Crippen molar-refractivity contribution < 1.29 is 38.8 Å². The highest BCUT2D eigenvalue weighted by Gasteiger charge is 2.31. The molecule has 8 heteroatoms. The molecule has 186 valence electrons. The monoisotopic (exact) mass is 476 g/mol. The minimum Gasteiger partial charge on any atom is -0.507 e. The molecule has 2 aromatic carbocycles. The first-order valence-electron chi connectivity index (χ1n) is 11.3. The minimum atomic E-state index is -0.974. The van der Waals surface area contributed by atoms with E-state index in [1.54, 1.807) is 38.1 Å². The standard InChI is InChI=1S/C26H33FO7/c1-5-7-19-23(31)20(16(2)28)14-21(27)24(19)34-13-6-12-33-18-10-8-17(9-11-18)25(32)26(3,4)15-22(29)30/h8-11,14,25,31-32H,5-7,12-13,15H2,1-4H3,(H,29,30). The van der Waals surface area contributed by atoms with Crippen molar-refractivity contribution in [1.29, 1.82) is 0 Å². The van der Waals surface area contributed by atoms with Crippen molar-refractivity contribution >= 4 is 11.8 Å². The quantitative estimate of drug-likeness (QED) is 0.273. The molecule has 1 atom stereocenters. The lowest BCUT2D eigenvalue weighted by Gasteiger charge is -2.29. The van der Waals surface area contributed by atoms with Gasteiger partial charge in [0.1, 0.15) is 11.5 Å². The molecule has 0 amide bonds. The summed E-state index contributed by atoms with van der Waals surface area (Å²) in [5.41, 5.74) is -0.00563. The van der Waals surface area contributed by atoms with Crippen LogP contribution in [-0.4, -0.2) is 40.3 Å². The third-order valence-corrected chi connectivity index (χ3v) is 5.53. The predicted molar refractivity (Wildman–Crippen MR) is 125 cm³/mol. The maximum Gasteiger partial charge on any atom is 0.303 e. The number of carboxylic acids is 1. The number of aliphatic hydroxyl groups excluding tert-OH is 1. The summed E-state index contributed by atoms with van der Waals surface area (Å²) in [6.45, 7) is 6.97. The summed E-state index contributed by atoms with van der Waals surface area (Å²) in [5, 5.41) is 29.9. The highest BCUT2D eigenvalue weighted by Crippen LogP contribution is 2.37. The number of ketones is 1. The highest BCUT2D eigenvalue weighted by atomic mass is 19.1. The zero-order valence-corrected chi connectivity index (χ0v) is 20.1. The Morgan fingerprint density at radius 3 is 2.29 bits per heavy atom. The Kier molecular flexibility index (Phi) is 9.44. The number of ether oxygens (including phenoxy) is 2. The summed E-state index contributed by atoms with van der Waals surface area (Å²) in [6, 6.07) is 7.75. The number of Topliss-reactive ketones (excluding diaryl/α,β-unsaturated/α-hetero) is 1. The Hall–Kier alpha value is -3.13. The van der Waals surface area contributed by atoms with Gasteiger partial charge >= 0.3 is 5.97 Å². The first kappa shape index (κ1) is 27.1. The highest BCUT2D eigenvalue weighted by molar-refractivity contribution is 5.97. The van der Waals surface area contributed by atoms with Gasteiger partial charge in [0.05, 0.1) is 31.3 Å². The third-order valence-electron chi connectivity index (χ3n) is 5.53. The number of aliphatic carboxylic acids is 1. The topological polar surface area (TPSA) is 113 Å². The molecule has 0 bridgehead atoms. The van der Waals surface area contributed by atoms with Gasteiger partial charge < -0.3 is 24.8 Å². The van der Waals surface area contributed by atoms with Crippen molar-refractivity contribution in [2.24, 2.45) is 5.41 Å². The molecule has 0 saturated carbocycles. The van der Waals surface area contributed by atoms with Gasteiger partial charge in [0.25, 0.3) is 0 Å². The van der Waals surface area contributed by atoms with Crippen LogP contribution in [-0.2, 0) is 11.2 Å². The zero-order valence-electron chi connectivity index (χ0n) is 20.1. The zero-order chi connectivity index (χ0) is 25.5. The largest absolute Gasteiger partial charge is 0.507 e. The minimum absolute atomic E-state index is 0.0494. The van der Waals surface area contributed by atoms with Gasteiger partial charge in [-0.1, -0.05) is 39.3 Å². The Morgan fingerprint density at radius 1 is 1.12 bits per heavy atom. The summed E-state index contributed by atoms with van der Waals surface area (Å²) in [6.07, 6.45) is 0.353. The summed E-state index contributed by atoms with van der Waals surface area (Å²) in [5.74, 6) is -1.81. The van der Waals surface area contributed by atoms with Crippen LogP contribution >= 0.6 is 0 Å². The number of hydrogen-bond donors (Lipinski definition) is 3. The first-order valence-corrected chi connectivity index (χ1v) is 11.3. The second-order valence-corrected chi connectivity index (χ2v) is 8.95. The van der Waals surface area contributed by atoms with Gasteiger partial charge in [-0.3, -0.25) is 9.59 Å². The van der Waals surface area contributed by atoms with Gasteiger partial charge in [-0.15, -0.1) is 0 Å². The summed E-state index contributed by atoms with van der Waals surface area (Å²) in [4.78, 5) is 22.7. The molecule has 2 rings (SSSR count). The molecular formula is C26H33FO7. The molecule has 3 N–H and O–H groups in total. The number of phenolic OH excluding ortho intramolecular Hbond substituents is 1. The van der Waals surface area contributed by atoms with Crippen LogP contribution < -0.4 is 9.47 Å². The van der Waals surface area contributed by atoms with E-state index < -0.39 is 29.1 Å². The number of aliphatic hydroxyl groups is 1. The van der Waals surface area contributed by atoms with E-state index in [1.807, 2.05) is 6.92 Å². The van der Waals surface area contributed by atoms with E-state index in [-0.39, 0.29) is 42.3 Å². The molecule has 2 aromatic rings. The molecule has 0 spiro atoms. The van der Waals surface area contributed by atoms with E-state index in [1.165, 1.54) is 6.92 Å². The van der Waals surface area contributed by atoms with E-state index in [4.69, 9.17) is 14.6 Å². The van der Waals surface area contributed by atoms with E-state index >= 15 is 0 Å². The number of carbonyl (C=O) groups excluding carboxylic acids is 1. The fraction of sp³-hybridized carbons (Fsp3) is 0.462. The SMILES string of the molecule is CCCc1c(O)c(C(C)=O)cc(F)c1OCCCOc1ccc(C(O)C(C)(C)CC(=O)O)cc1. The number of halogens is 1. The summed E-state index contributed by atoms with van der Waals surface area (Å²) in [7, 11) is 0. The van der Waals surface area contributed by atoms with Crippen molar-refractivity contribution in [3.8, 4) is 17.2 Å². The maximum absolute atomic E-state index is 14.5. The molecule has 0 aliphatic heterocycles. The van der Waals surface area contributed by atoms with Crippen molar-refractivity contribution in [2.45, 2.75) is 59.5 Å². The normalized spacial score (nSPS) is 12.3. The summed E-state index contributed by atoms with van der Waals surface area (Å²) >= 11 is 0. The van der Waals surface area contributed by atoms with E-state index in [0.29, 0.717) is 30.6 Å². The van der Waals surface area contributed by atoms with Gasteiger partial charge in [0.15, 0.2) is 17.3 Å². The van der Waals surface area contributed by atoms with Crippen molar-refractivity contribution in [3.05, 3.63) is 52.8 Å². The number of phenols is 1. The molecule has 0 saturated heterocycles. The molecule has 1 unspecified atom stereocenters. The lowest BCUT2D eigenvalue weighted by Crippen LogP contribution is -2.25. The van der Waals surface area contributed by atoms with Gasteiger partial charge in [-0.05, 0) is 37.1 Å². The van der Waals surface area contributed by atoms with E-state index in [9.17, 15) is 24.2 Å². The maximum atomic E-state index is 14.5. The van der Waals surface area contributed by atoms with Gasteiger partial charge in [0, 0.05) is 17.4 Å². The smallest absolute Gasteiger partial charge is 0.303 e. The molecule has 0 aromatic heterocycles. The second kappa shape index (κ2) is 11.8. The van der Waals surface area contributed by atoms with Crippen LogP contribution in [0.25, 0.3) is 0 Å². The molecular weight excluding hydrogens is 443 g/mol. The van der Waals surface area contributed by atoms with Crippen molar-refractivity contribution in [1.82, 2.24) is 0 Å². The molecule has 7 nitrogen and oxygen atoms in total. The van der Waals surface area contributed by atoms with Crippen LogP contribution in [0.4, 0.5) is 4.39 Å². The summed E-state index contributed by atoms with van der Waals surface area (Å²) < 4.78 is 25.8. The first-order chi connectivity index (χ1) is 16.0. The number of hydrogen-bond acceptors (Lipinski definition) is 6. The molecule has 0 aliphatic rings. The van der Waals surface area contributed by atoms with Gasteiger partial charge in [-0.2, -0.15) is 0 Å². The average Bonchev–Trinajstić information content (AvgIpc) is 2.76. The van der Waals surface area contributed by atoms with Crippen LogP contribution in [0.1, 0.15) is 74.5 Å². The van der Waals surface area contributed by atoms with E-state index in [2.05, 4.69) is 0 Å². The third kappa shape index (κ3) is 6.93. The lowest BCUT2D eigenvalue weighted by atomic mass is 9.80. The lowest BCUT2D eigenvalue weighted by molar-refractivity contribution is -0.141. The molecule has 0 fully saturated rings. The Morgan fingerprint density at radius 2 is 1.74 bits per heavy atom. The molecule has 0 radical (unpaired) electrons. The second-order valence-electron chi connectivity index (χ2n) is 8.95. The number of aromatic hydroxyl groups is 1. The number of carboxylic acid groups (broad SMARTS) is 1. The average molecular weight is 477 g/mol. The Balaban J connectivity index is 1.93. The molecule has 0 heterocycles. The van der Waals surface area contributed by atoms with Gasteiger partial charge in [-0.25, -0.2) is 4.39 Å². The van der Waals surface area contributed by atoms with Gasteiger partial charge in [0.2, 0.25) is 0 Å². The Labute approximate surface area is 199 Å². The fourth-order valence-electron chi connectivity index (χ4n) is 3.69. The van der Waals surface area contributed by atoms with Crippen LogP contribution in [0.5, 0.6) is 17.2 Å². The van der Waals surface area contributed by atoms with Crippen LogP contribution in [0.2, 0.25) is 0 Å². The van der Waals surface area contributed by atoms with Crippen LogP contribution in [0, 0.1) is 11.2 Å². The van der Waals surface area contributed by atoms with Crippen molar-refractivity contribution in [2.75, 3.05) is 13.2 Å². The molecule has 34 heavy (non-hydrogen) atoms. The van der Waals surface area contributed by atoms with Crippen LogP contribution in [0.15, 0.2) is 30.3 Å². The fourth-order valence-corrected chi connectivity index (χ4v) is 3.69. The van der Waals surface area contributed by atoms with E-state index in [0.717, 1.165) is 6.07 Å². The number of benzene rings is 2. The predicted octanol–water partition coefficient (Wildman–Crippen LogP) is 5.07. The molecule has 0 aliphatic carbocycles. The Bertz CT molecular complexity index is 999.